The fourth-order valence-corrected chi connectivity index (χ4v) is 4.06. The number of hydroxylamine groups is 3. The van der Waals surface area contributed by atoms with Crippen molar-refractivity contribution in [1.29, 1.82) is 0 Å². The van der Waals surface area contributed by atoms with Crippen molar-refractivity contribution in [3.63, 3.8) is 0 Å². The highest BCUT2D eigenvalue weighted by Gasteiger charge is 2.51. The second-order valence-electron chi connectivity index (χ2n) is 7.07. The molecule has 144 valence electrons. The number of morpholine rings is 1. The molecule has 0 amide bonds. The summed E-state index contributed by atoms with van der Waals surface area (Å²) in [6, 6.07) is 15.9. The van der Waals surface area contributed by atoms with Crippen molar-refractivity contribution in [1.82, 2.24) is 9.97 Å². The molecule has 6 heteroatoms. The molecule has 6 nitrogen and oxygen atoms in total. The van der Waals surface area contributed by atoms with Crippen molar-refractivity contribution in [3.8, 4) is 0 Å². The van der Waals surface area contributed by atoms with E-state index in [0.29, 0.717) is 24.3 Å². The first-order valence-corrected chi connectivity index (χ1v) is 9.38. The molecule has 1 aliphatic heterocycles. The van der Waals surface area contributed by atoms with E-state index in [4.69, 9.17) is 4.74 Å². The quantitative estimate of drug-likeness (QED) is 0.546. The van der Waals surface area contributed by atoms with Crippen LogP contribution in [0.2, 0.25) is 0 Å². The Hall–Kier alpha value is -2.64. The highest BCUT2D eigenvalue weighted by atomic mass is 16.6. The number of aromatic nitrogens is 2. The molecule has 0 bridgehead atoms. The van der Waals surface area contributed by atoms with Gasteiger partial charge in [-0.1, -0.05) is 42.5 Å². The lowest BCUT2D eigenvalue weighted by atomic mass is 9.77. The number of hydrogen-bond donors (Lipinski definition) is 1. The molecule has 0 aliphatic carbocycles. The van der Waals surface area contributed by atoms with Gasteiger partial charge in [-0.2, -0.15) is 0 Å². The third-order valence-electron chi connectivity index (χ3n) is 5.41. The summed E-state index contributed by atoms with van der Waals surface area (Å²) in [5, 5.41) is 26.3. The van der Waals surface area contributed by atoms with Gasteiger partial charge in [0.1, 0.15) is 13.1 Å². The van der Waals surface area contributed by atoms with Crippen molar-refractivity contribution in [2.45, 2.75) is 11.6 Å². The largest absolute Gasteiger partial charge is 0.632 e. The zero-order valence-corrected chi connectivity index (χ0v) is 15.5. The fraction of sp³-hybridized carbons (Fsp3) is 0.273. The second-order valence-corrected chi connectivity index (χ2v) is 7.07. The van der Waals surface area contributed by atoms with Crippen LogP contribution in [0.3, 0.4) is 0 Å². The predicted octanol–water partition coefficient (Wildman–Crippen LogP) is 2.80. The Morgan fingerprint density at radius 1 is 0.893 bits per heavy atom. The molecule has 28 heavy (non-hydrogen) atoms. The van der Waals surface area contributed by atoms with Gasteiger partial charge < -0.3 is 19.7 Å². The van der Waals surface area contributed by atoms with Gasteiger partial charge in [0.25, 0.3) is 0 Å². The summed E-state index contributed by atoms with van der Waals surface area (Å²) in [4.78, 5) is 8.41. The summed E-state index contributed by atoms with van der Waals surface area (Å²) in [7, 11) is 0. The first-order chi connectivity index (χ1) is 13.6. The van der Waals surface area contributed by atoms with E-state index in [9.17, 15) is 10.3 Å². The van der Waals surface area contributed by atoms with Crippen LogP contribution in [0, 0.1) is 5.21 Å². The fourth-order valence-electron chi connectivity index (χ4n) is 4.06. The van der Waals surface area contributed by atoms with Crippen LogP contribution in [-0.2, 0) is 10.3 Å². The number of nitrogens with zero attached hydrogens (tertiary/aromatic N) is 3. The van der Waals surface area contributed by atoms with Crippen LogP contribution in [0.25, 0.3) is 0 Å². The molecule has 2 aromatic heterocycles. The Balaban J connectivity index is 1.97. The smallest absolute Gasteiger partial charge is 0.174 e. The van der Waals surface area contributed by atoms with Crippen molar-refractivity contribution >= 4 is 0 Å². The molecule has 4 rings (SSSR count). The maximum absolute atomic E-state index is 14.1. The lowest BCUT2D eigenvalue weighted by Crippen LogP contribution is -2.59. The van der Waals surface area contributed by atoms with Crippen LogP contribution >= 0.6 is 0 Å². The average molecular weight is 377 g/mol. The minimum atomic E-state index is -1.59. The van der Waals surface area contributed by atoms with Crippen LogP contribution in [0.4, 0.5) is 0 Å². The van der Waals surface area contributed by atoms with Crippen LogP contribution in [0.15, 0.2) is 79.4 Å². The molecule has 0 saturated carbocycles. The van der Waals surface area contributed by atoms with E-state index in [0.717, 1.165) is 5.56 Å². The van der Waals surface area contributed by atoms with Gasteiger partial charge in [0, 0.05) is 41.5 Å². The number of pyridine rings is 2. The zero-order valence-electron chi connectivity index (χ0n) is 15.5. The molecule has 1 saturated heterocycles. The Bertz CT molecular complexity index is 845. The van der Waals surface area contributed by atoms with Crippen LogP contribution < -0.4 is 0 Å². The summed E-state index contributed by atoms with van der Waals surface area (Å²) >= 11 is 0. The van der Waals surface area contributed by atoms with Gasteiger partial charge in [-0.15, -0.1) is 0 Å². The Labute approximate surface area is 164 Å². The van der Waals surface area contributed by atoms with E-state index in [-0.39, 0.29) is 13.1 Å². The number of ether oxygens (including phenoxy) is 1. The number of hydrogen-bond acceptors (Lipinski definition) is 5. The highest BCUT2D eigenvalue weighted by Crippen LogP contribution is 2.47. The molecule has 3 heterocycles. The molecule has 3 aromatic rings. The van der Waals surface area contributed by atoms with E-state index in [1.807, 2.05) is 42.5 Å². The zero-order chi connectivity index (χ0) is 19.5. The Morgan fingerprint density at radius 2 is 1.46 bits per heavy atom. The van der Waals surface area contributed by atoms with Gasteiger partial charge in [0.05, 0.1) is 13.2 Å². The molecular formula is C22H23N3O3. The van der Waals surface area contributed by atoms with Crippen LogP contribution in [0.1, 0.15) is 22.7 Å². The first-order valence-electron chi connectivity index (χ1n) is 9.38. The molecule has 1 aliphatic rings. The lowest BCUT2D eigenvalue weighted by Gasteiger charge is -2.55. The number of aliphatic hydroxyl groups is 1. The number of rotatable bonds is 5. The van der Waals surface area contributed by atoms with E-state index < -0.39 is 16.3 Å². The molecule has 1 fully saturated rings. The van der Waals surface area contributed by atoms with Crippen LogP contribution in [-0.4, -0.2) is 46.0 Å². The van der Waals surface area contributed by atoms with Gasteiger partial charge in [0.15, 0.2) is 11.6 Å². The average Bonchev–Trinajstić information content (AvgIpc) is 2.76. The summed E-state index contributed by atoms with van der Waals surface area (Å²) in [5.41, 5.74) is 0.311. The third-order valence-corrected chi connectivity index (χ3v) is 5.41. The lowest BCUT2D eigenvalue weighted by molar-refractivity contribution is -0.926. The van der Waals surface area contributed by atoms with Crippen molar-refractivity contribution in [2.24, 2.45) is 0 Å². The SMILES string of the molecule is [O-][N+]1(C(c2ccccc2)C(O)(c2cccnc2)c2cccnc2)CCOCC1. The van der Waals surface area contributed by atoms with Gasteiger partial charge in [0.2, 0.25) is 0 Å². The topological polar surface area (TPSA) is 78.3 Å². The Kier molecular flexibility index (Phi) is 5.19. The molecule has 0 radical (unpaired) electrons. The summed E-state index contributed by atoms with van der Waals surface area (Å²) in [5.74, 6) is 0. The minimum absolute atomic E-state index is 0.266. The molecule has 1 N–H and O–H groups in total. The summed E-state index contributed by atoms with van der Waals surface area (Å²) < 4.78 is 4.87. The summed E-state index contributed by atoms with van der Waals surface area (Å²) in [6.45, 7) is 1.26. The van der Waals surface area contributed by atoms with Crippen LogP contribution in [0.5, 0.6) is 0 Å². The second kappa shape index (κ2) is 7.77. The van der Waals surface area contributed by atoms with Gasteiger partial charge in [-0.25, -0.2) is 0 Å². The summed E-state index contributed by atoms with van der Waals surface area (Å²) in [6.07, 6.45) is 6.55. The molecule has 1 aromatic carbocycles. The van der Waals surface area contributed by atoms with E-state index >= 15 is 0 Å². The molecule has 1 atom stereocenters. The monoisotopic (exact) mass is 377 g/mol. The highest BCUT2D eigenvalue weighted by molar-refractivity contribution is 5.38. The Morgan fingerprint density at radius 3 is 1.96 bits per heavy atom. The van der Waals surface area contributed by atoms with Gasteiger partial charge in [-0.3, -0.25) is 9.97 Å². The molecular weight excluding hydrogens is 354 g/mol. The third kappa shape index (κ3) is 3.31. The predicted molar refractivity (Wildman–Crippen MR) is 105 cm³/mol. The van der Waals surface area contributed by atoms with E-state index in [2.05, 4.69) is 9.97 Å². The van der Waals surface area contributed by atoms with E-state index in [1.165, 1.54) is 0 Å². The molecule has 0 spiro atoms. The number of benzene rings is 1. The number of quaternary nitrogens is 1. The minimum Gasteiger partial charge on any atom is -0.632 e. The van der Waals surface area contributed by atoms with Gasteiger partial charge in [-0.05, 0) is 12.1 Å². The van der Waals surface area contributed by atoms with Gasteiger partial charge >= 0.3 is 0 Å². The van der Waals surface area contributed by atoms with Crippen molar-refractivity contribution < 1.29 is 14.5 Å². The maximum Gasteiger partial charge on any atom is 0.174 e. The maximum atomic E-state index is 14.1. The first kappa shape index (κ1) is 18.7. The molecule has 1 unspecified atom stereocenters. The van der Waals surface area contributed by atoms with Crippen molar-refractivity contribution in [3.05, 3.63) is 101 Å². The van der Waals surface area contributed by atoms with Crippen molar-refractivity contribution in [2.75, 3.05) is 26.3 Å². The standard InChI is InChI=1S/C22H23N3O3/c26-22(19-8-4-10-23-16-19,20-9-5-11-24-17-20)21(18-6-2-1-3-7-18)25(27)12-14-28-15-13-25/h1-11,16-17,21,26H,12-15H2. The normalized spacial score (nSPS) is 17.8. The van der Waals surface area contributed by atoms with E-state index in [1.54, 1.807) is 36.9 Å².